The molecule has 1 aromatic heterocycles. The maximum absolute atomic E-state index is 13.3. The van der Waals surface area contributed by atoms with Gasteiger partial charge in [0.15, 0.2) is 0 Å². The smallest absolute Gasteiger partial charge is 0.336 e. The normalized spacial score (nSPS) is 11.8. The maximum atomic E-state index is 13.3. The zero-order chi connectivity index (χ0) is 21.8. The number of carboxylic acids is 1. The van der Waals surface area contributed by atoms with Crippen LogP contribution in [0.5, 0.6) is 5.75 Å². The van der Waals surface area contributed by atoms with E-state index < -0.39 is 11.8 Å². The predicted molar refractivity (Wildman–Crippen MR) is 111 cm³/mol. The number of imidazole rings is 1. The number of halogens is 2. The minimum absolute atomic E-state index is 0.0421. The van der Waals surface area contributed by atoms with Crippen molar-refractivity contribution in [1.29, 1.82) is 0 Å². The van der Waals surface area contributed by atoms with Gasteiger partial charge in [-0.3, -0.25) is 0 Å². The Labute approximate surface area is 177 Å². The molecule has 0 amide bonds. The topological polar surface area (TPSA) is 75.2 Å². The van der Waals surface area contributed by atoms with Crippen molar-refractivity contribution in [1.82, 2.24) is 9.97 Å². The third-order valence-corrected chi connectivity index (χ3v) is 4.92. The highest BCUT2D eigenvalue weighted by Crippen LogP contribution is 2.29. The number of carboxylic acid groups (broad SMARTS) is 1. The van der Waals surface area contributed by atoms with Gasteiger partial charge in [0.1, 0.15) is 29.8 Å². The Hall–Kier alpha value is -4.00. The molecule has 7 heteroatoms. The summed E-state index contributed by atoms with van der Waals surface area (Å²) in [7, 11) is 0. The van der Waals surface area contributed by atoms with E-state index in [9.17, 15) is 18.7 Å². The van der Waals surface area contributed by atoms with Crippen LogP contribution in [0.15, 0.2) is 79.1 Å². The van der Waals surface area contributed by atoms with E-state index >= 15 is 0 Å². The highest BCUT2D eigenvalue weighted by molar-refractivity contribution is 5.96. The van der Waals surface area contributed by atoms with E-state index in [0.717, 1.165) is 5.56 Å². The molecule has 31 heavy (non-hydrogen) atoms. The summed E-state index contributed by atoms with van der Waals surface area (Å²) in [5.41, 5.74) is 1.89. The lowest BCUT2D eigenvalue weighted by atomic mass is 9.98. The summed E-state index contributed by atoms with van der Waals surface area (Å²) in [6.07, 6.45) is 3.30. The summed E-state index contributed by atoms with van der Waals surface area (Å²) in [4.78, 5) is 19.1. The quantitative estimate of drug-likeness (QED) is 0.427. The molecule has 2 N–H and O–H groups in total. The third kappa shape index (κ3) is 4.61. The SMILES string of the molecule is O=C(O)c1cc(OCC(c2ccc(F)cc2)c2ncc[nH]2)ccc1-c1ccc(F)cc1. The molecule has 3 aromatic carbocycles. The molecule has 0 saturated carbocycles. The van der Waals surface area contributed by atoms with E-state index in [1.807, 2.05) is 0 Å². The summed E-state index contributed by atoms with van der Waals surface area (Å²) in [5, 5.41) is 9.66. The fraction of sp³-hybridized carbons (Fsp3) is 0.0833. The van der Waals surface area contributed by atoms with Crippen LogP contribution in [-0.2, 0) is 0 Å². The molecule has 0 bridgehead atoms. The number of H-pyrrole nitrogens is 1. The molecule has 0 fully saturated rings. The molecule has 0 aliphatic rings. The first-order valence-electron chi connectivity index (χ1n) is 9.52. The van der Waals surface area contributed by atoms with Crippen molar-refractivity contribution in [3.63, 3.8) is 0 Å². The Kier molecular flexibility index (Phi) is 5.75. The lowest BCUT2D eigenvalue weighted by Gasteiger charge is -2.17. The van der Waals surface area contributed by atoms with Crippen LogP contribution in [0.2, 0.25) is 0 Å². The van der Waals surface area contributed by atoms with Crippen LogP contribution >= 0.6 is 0 Å². The number of nitrogens with one attached hydrogen (secondary N) is 1. The average Bonchev–Trinajstić information content (AvgIpc) is 3.30. The van der Waals surface area contributed by atoms with Gasteiger partial charge in [-0.05, 0) is 59.2 Å². The second-order valence-electron chi connectivity index (χ2n) is 6.91. The molecule has 5 nitrogen and oxygen atoms in total. The number of ether oxygens (including phenoxy) is 1. The fourth-order valence-corrected chi connectivity index (χ4v) is 3.35. The van der Waals surface area contributed by atoms with Gasteiger partial charge in [-0.1, -0.05) is 24.3 Å². The van der Waals surface area contributed by atoms with E-state index in [1.165, 1.54) is 42.5 Å². The number of aromatic carboxylic acids is 1. The molecule has 1 atom stereocenters. The number of hydrogen-bond donors (Lipinski definition) is 2. The number of benzene rings is 3. The van der Waals surface area contributed by atoms with Gasteiger partial charge in [0.05, 0.1) is 11.5 Å². The van der Waals surface area contributed by atoms with Gasteiger partial charge >= 0.3 is 5.97 Å². The van der Waals surface area contributed by atoms with Crippen molar-refractivity contribution in [2.45, 2.75) is 5.92 Å². The van der Waals surface area contributed by atoms with E-state index in [-0.39, 0.29) is 23.9 Å². The van der Waals surface area contributed by atoms with Gasteiger partial charge in [-0.2, -0.15) is 0 Å². The monoisotopic (exact) mass is 420 g/mol. The first-order chi connectivity index (χ1) is 15.0. The lowest BCUT2D eigenvalue weighted by Crippen LogP contribution is -2.14. The third-order valence-electron chi connectivity index (χ3n) is 4.92. The fourth-order valence-electron chi connectivity index (χ4n) is 3.35. The van der Waals surface area contributed by atoms with Gasteiger partial charge in [-0.25, -0.2) is 18.6 Å². The van der Waals surface area contributed by atoms with E-state index in [1.54, 1.807) is 36.7 Å². The first-order valence-corrected chi connectivity index (χ1v) is 9.52. The van der Waals surface area contributed by atoms with E-state index in [0.29, 0.717) is 22.7 Å². The van der Waals surface area contributed by atoms with Crippen LogP contribution in [0.1, 0.15) is 27.7 Å². The number of rotatable bonds is 7. The number of hydrogen-bond acceptors (Lipinski definition) is 3. The molecule has 1 heterocycles. The molecular weight excluding hydrogens is 402 g/mol. The summed E-state index contributed by atoms with van der Waals surface area (Å²) in [6.45, 7) is 0.161. The van der Waals surface area contributed by atoms with Crippen molar-refractivity contribution >= 4 is 5.97 Å². The standard InChI is InChI=1S/C24H18F2N2O3/c25-17-5-1-15(2-6-17)20-10-9-19(13-21(20)24(29)30)31-14-22(23-27-11-12-28-23)16-3-7-18(26)8-4-16/h1-13,22H,14H2,(H,27,28)(H,29,30). The molecule has 4 aromatic rings. The average molecular weight is 420 g/mol. The molecule has 0 aliphatic heterocycles. The molecule has 0 saturated heterocycles. The first kappa shape index (κ1) is 20.3. The van der Waals surface area contributed by atoms with Crippen LogP contribution in [0.4, 0.5) is 8.78 Å². The van der Waals surface area contributed by atoms with Gasteiger partial charge in [-0.15, -0.1) is 0 Å². The number of aromatic nitrogens is 2. The van der Waals surface area contributed by atoms with Crippen molar-refractivity contribution in [3.05, 3.63) is 108 Å². The molecule has 1 unspecified atom stereocenters. The minimum Gasteiger partial charge on any atom is -0.492 e. The number of aromatic amines is 1. The van der Waals surface area contributed by atoms with Gasteiger partial charge < -0.3 is 14.8 Å². The van der Waals surface area contributed by atoms with Gasteiger partial charge in [0, 0.05) is 12.4 Å². The van der Waals surface area contributed by atoms with Crippen LogP contribution in [0.25, 0.3) is 11.1 Å². The molecule has 0 spiro atoms. The summed E-state index contributed by atoms with van der Waals surface area (Å²) in [5.74, 6) is -1.16. The number of nitrogens with zero attached hydrogens (tertiary/aromatic N) is 1. The zero-order valence-corrected chi connectivity index (χ0v) is 16.3. The predicted octanol–water partition coefficient (Wildman–Crippen LogP) is 5.26. The highest BCUT2D eigenvalue weighted by atomic mass is 19.1. The number of carbonyl (C=O) groups is 1. The molecular formula is C24H18F2N2O3. The maximum Gasteiger partial charge on any atom is 0.336 e. The second-order valence-corrected chi connectivity index (χ2v) is 6.91. The molecule has 4 rings (SSSR count). The van der Waals surface area contributed by atoms with E-state index in [4.69, 9.17) is 4.74 Å². The Morgan fingerprint density at radius 3 is 2.29 bits per heavy atom. The molecule has 0 radical (unpaired) electrons. The summed E-state index contributed by atoms with van der Waals surface area (Å²) < 4.78 is 32.4. The van der Waals surface area contributed by atoms with Crippen molar-refractivity contribution < 1.29 is 23.4 Å². The zero-order valence-electron chi connectivity index (χ0n) is 16.3. The Balaban J connectivity index is 1.60. The summed E-state index contributed by atoms with van der Waals surface area (Å²) in [6, 6.07) is 16.4. The Morgan fingerprint density at radius 1 is 1.00 bits per heavy atom. The second kappa shape index (κ2) is 8.79. The van der Waals surface area contributed by atoms with E-state index in [2.05, 4.69) is 9.97 Å². The van der Waals surface area contributed by atoms with Gasteiger partial charge in [0.25, 0.3) is 0 Å². The van der Waals surface area contributed by atoms with Crippen LogP contribution < -0.4 is 4.74 Å². The Bertz CT molecular complexity index is 1170. The van der Waals surface area contributed by atoms with Crippen LogP contribution in [-0.4, -0.2) is 27.7 Å². The highest BCUT2D eigenvalue weighted by Gasteiger charge is 2.19. The van der Waals surface area contributed by atoms with Crippen LogP contribution in [0.3, 0.4) is 0 Å². The lowest BCUT2D eigenvalue weighted by molar-refractivity contribution is 0.0697. The van der Waals surface area contributed by atoms with Crippen molar-refractivity contribution in [2.75, 3.05) is 6.61 Å². The molecule has 0 aliphatic carbocycles. The largest absolute Gasteiger partial charge is 0.492 e. The molecule has 156 valence electrons. The van der Waals surface area contributed by atoms with Crippen molar-refractivity contribution in [2.24, 2.45) is 0 Å². The van der Waals surface area contributed by atoms with Crippen molar-refractivity contribution in [3.8, 4) is 16.9 Å². The van der Waals surface area contributed by atoms with Crippen LogP contribution in [0, 0.1) is 11.6 Å². The minimum atomic E-state index is -1.12. The Morgan fingerprint density at radius 2 is 1.68 bits per heavy atom. The van der Waals surface area contributed by atoms with Gasteiger partial charge in [0.2, 0.25) is 0 Å². The summed E-state index contributed by atoms with van der Waals surface area (Å²) >= 11 is 0.